The molecule has 1 fully saturated rings. The van der Waals surface area contributed by atoms with Crippen molar-refractivity contribution in [1.29, 1.82) is 0 Å². The highest BCUT2D eigenvalue weighted by atomic mass is 16.2. The van der Waals surface area contributed by atoms with Gasteiger partial charge in [0, 0.05) is 48.4 Å². The lowest BCUT2D eigenvalue weighted by molar-refractivity contribution is -0.117. The van der Waals surface area contributed by atoms with Crippen LogP contribution in [0.15, 0.2) is 67.0 Å². The van der Waals surface area contributed by atoms with Crippen LogP contribution in [0.1, 0.15) is 18.4 Å². The van der Waals surface area contributed by atoms with E-state index in [0.717, 1.165) is 35.6 Å². The standard InChI is InChI=1S/C22H20N4O2/c27-20(25-18-8-6-17(7-9-18)22-23-13-14-24-22)12-5-16-3-10-19(11-4-16)26-15-1-2-21(26)28/h3-14H,1-2,15H2,(H,23,24)(H,25,27). The van der Waals surface area contributed by atoms with E-state index in [9.17, 15) is 9.59 Å². The third kappa shape index (κ3) is 4.01. The summed E-state index contributed by atoms with van der Waals surface area (Å²) in [6.07, 6.45) is 8.24. The van der Waals surface area contributed by atoms with Crippen LogP contribution in [0.2, 0.25) is 0 Å². The molecule has 1 aromatic heterocycles. The molecule has 0 atom stereocenters. The molecule has 6 heteroatoms. The number of anilines is 2. The number of imidazole rings is 1. The monoisotopic (exact) mass is 372 g/mol. The summed E-state index contributed by atoms with van der Waals surface area (Å²) in [7, 11) is 0. The molecule has 28 heavy (non-hydrogen) atoms. The lowest BCUT2D eigenvalue weighted by atomic mass is 10.1. The van der Waals surface area contributed by atoms with Crippen LogP contribution in [-0.2, 0) is 9.59 Å². The Morgan fingerprint density at radius 1 is 1.11 bits per heavy atom. The number of hydrogen-bond donors (Lipinski definition) is 2. The maximum Gasteiger partial charge on any atom is 0.248 e. The Balaban J connectivity index is 1.35. The van der Waals surface area contributed by atoms with E-state index in [1.165, 1.54) is 6.08 Å². The van der Waals surface area contributed by atoms with Gasteiger partial charge in [-0.25, -0.2) is 4.98 Å². The average molecular weight is 372 g/mol. The number of rotatable bonds is 5. The minimum atomic E-state index is -0.204. The molecule has 0 aliphatic carbocycles. The first-order valence-electron chi connectivity index (χ1n) is 9.18. The Morgan fingerprint density at radius 3 is 2.54 bits per heavy atom. The molecule has 0 spiro atoms. The zero-order valence-electron chi connectivity index (χ0n) is 15.3. The predicted molar refractivity (Wildman–Crippen MR) is 110 cm³/mol. The number of aromatic nitrogens is 2. The second-order valence-corrected chi connectivity index (χ2v) is 6.58. The second kappa shape index (κ2) is 7.92. The largest absolute Gasteiger partial charge is 0.345 e. The second-order valence-electron chi connectivity index (χ2n) is 6.58. The summed E-state index contributed by atoms with van der Waals surface area (Å²) in [5, 5.41) is 2.84. The third-order valence-electron chi connectivity index (χ3n) is 4.63. The summed E-state index contributed by atoms with van der Waals surface area (Å²) in [5.74, 6) is 0.752. The Labute approximate surface area is 162 Å². The van der Waals surface area contributed by atoms with E-state index in [2.05, 4.69) is 15.3 Å². The fraction of sp³-hybridized carbons (Fsp3) is 0.136. The molecule has 0 radical (unpaired) electrons. The van der Waals surface area contributed by atoms with E-state index >= 15 is 0 Å². The van der Waals surface area contributed by atoms with Crippen LogP contribution >= 0.6 is 0 Å². The van der Waals surface area contributed by atoms with Crippen LogP contribution < -0.4 is 10.2 Å². The highest BCUT2D eigenvalue weighted by Crippen LogP contribution is 2.22. The number of aromatic amines is 1. The zero-order chi connectivity index (χ0) is 19.3. The highest BCUT2D eigenvalue weighted by Gasteiger charge is 2.21. The van der Waals surface area contributed by atoms with Gasteiger partial charge in [0.15, 0.2) is 0 Å². The van der Waals surface area contributed by atoms with Gasteiger partial charge in [-0.15, -0.1) is 0 Å². The zero-order valence-corrected chi connectivity index (χ0v) is 15.3. The number of carbonyl (C=O) groups excluding carboxylic acids is 2. The van der Waals surface area contributed by atoms with Crippen molar-refractivity contribution in [2.45, 2.75) is 12.8 Å². The topological polar surface area (TPSA) is 78.1 Å². The first kappa shape index (κ1) is 17.7. The first-order valence-corrected chi connectivity index (χ1v) is 9.18. The summed E-state index contributed by atoms with van der Waals surface area (Å²) in [5.41, 5.74) is 3.47. The summed E-state index contributed by atoms with van der Waals surface area (Å²) in [6.45, 7) is 0.773. The van der Waals surface area contributed by atoms with Gasteiger partial charge in [0.25, 0.3) is 0 Å². The molecule has 1 saturated heterocycles. The Morgan fingerprint density at radius 2 is 1.89 bits per heavy atom. The van der Waals surface area contributed by atoms with Gasteiger partial charge >= 0.3 is 0 Å². The number of nitrogens with one attached hydrogen (secondary N) is 2. The van der Waals surface area contributed by atoms with Crippen molar-refractivity contribution in [2.75, 3.05) is 16.8 Å². The minimum absolute atomic E-state index is 0.167. The van der Waals surface area contributed by atoms with E-state index < -0.39 is 0 Å². The van der Waals surface area contributed by atoms with Gasteiger partial charge in [0.1, 0.15) is 5.82 Å². The van der Waals surface area contributed by atoms with Gasteiger partial charge < -0.3 is 15.2 Å². The number of hydrogen-bond acceptors (Lipinski definition) is 3. The maximum absolute atomic E-state index is 12.1. The molecule has 0 unspecified atom stereocenters. The van der Waals surface area contributed by atoms with Crippen LogP contribution in [0.3, 0.4) is 0 Å². The van der Waals surface area contributed by atoms with Crippen molar-refractivity contribution in [2.24, 2.45) is 0 Å². The lowest BCUT2D eigenvalue weighted by Gasteiger charge is -2.15. The Hall–Kier alpha value is -3.67. The van der Waals surface area contributed by atoms with Crippen molar-refractivity contribution < 1.29 is 9.59 Å². The van der Waals surface area contributed by atoms with Crippen LogP contribution in [0, 0.1) is 0 Å². The molecule has 2 N–H and O–H groups in total. The molecular formula is C22H20N4O2. The maximum atomic E-state index is 12.1. The van der Waals surface area contributed by atoms with Crippen molar-refractivity contribution >= 4 is 29.3 Å². The average Bonchev–Trinajstić information content (AvgIpc) is 3.39. The minimum Gasteiger partial charge on any atom is -0.345 e. The molecule has 3 aromatic rings. The third-order valence-corrected chi connectivity index (χ3v) is 4.63. The smallest absolute Gasteiger partial charge is 0.248 e. The molecule has 2 aromatic carbocycles. The van der Waals surface area contributed by atoms with Crippen molar-refractivity contribution in [3.8, 4) is 11.4 Å². The highest BCUT2D eigenvalue weighted by molar-refractivity contribution is 6.02. The van der Waals surface area contributed by atoms with Crippen LogP contribution in [0.4, 0.5) is 11.4 Å². The molecule has 2 amide bonds. The molecular weight excluding hydrogens is 352 g/mol. The first-order chi connectivity index (χ1) is 13.7. The van der Waals surface area contributed by atoms with Gasteiger partial charge in [-0.2, -0.15) is 0 Å². The number of benzene rings is 2. The molecule has 6 nitrogen and oxygen atoms in total. The quantitative estimate of drug-likeness (QED) is 0.668. The molecule has 2 heterocycles. The van der Waals surface area contributed by atoms with Crippen molar-refractivity contribution in [3.05, 3.63) is 72.6 Å². The van der Waals surface area contributed by atoms with Gasteiger partial charge in [-0.05, 0) is 54.5 Å². The van der Waals surface area contributed by atoms with Crippen LogP contribution in [0.5, 0.6) is 0 Å². The number of amides is 2. The van der Waals surface area contributed by atoms with Crippen LogP contribution in [0.25, 0.3) is 17.5 Å². The van der Waals surface area contributed by atoms with Crippen LogP contribution in [-0.4, -0.2) is 28.3 Å². The van der Waals surface area contributed by atoms with Gasteiger partial charge in [0.05, 0.1) is 0 Å². The fourth-order valence-corrected chi connectivity index (χ4v) is 3.18. The Kier molecular flexibility index (Phi) is 5.01. The fourth-order valence-electron chi connectivity index (χ4n) is 3.18. The molecule has 1 aliphatic heterocycles. The molecule has 4 rings (SSSR count). The normalized spacial score (nSPS) is 14.0. The van der Waals surface area contributed by atoms with E-state index in [0.29, 0.717) is 12.1 Å². The van der Waals surface area contributed by atoms with Gasteiger partial charge in [0.2, 0.25) is 11.8 Å². The predicted octanol–water partition coefficient (Wildman–Crippen LogP) is 3.86. The van der Waals surface area contributed by atoms with E-state index in [1.807, 2.05) is 48.5 Å². The summed E-state index contributed by atoms with van der Waals surface area (Å²) in [4.78, 5) is 33.0. The summed E-state index contributed by atoms with van der Waals surface area (Å²) in [6, 6.07) is 15.1. The summed E-state index contributed by atoms with van der Waals surface area (Å²) < 4.78 is 0. The lowest BCUT2D eigenvalue weighted by Crippen LogP contribution is -2.23. The summed E-state index contributed by atoms with van der Waals surface area (Å²) >= 11 is 0. The number of H-pyrrole nitrogens is 1. The molecule has 140 valence electrons. The number of carbonyl (C=O) groups is 2. The molecule has 0 bridgehead atoms. The molecule has 0 saturated carbocycles. The van der Waals surface area contributed by atoms with Gasteiger partial charge in [-0.3, -0.25) is 9.59 Å². The van der Waals surface area contributed by atoms with E-state index in [-0.39, 0.29) is 11.8 Å². The Bertz CT molecular complexity index is 990. The number of nitrogens with zero attached hydrogens (tertiary/aromatic N) is 2. The SMILES string of the molecule is O=C(C=Cc1ccc(N2CCCC2=O)cc1)Nc1ccc(-c2ncc[nH]2)cc1. The van der Waals surface area contributed by atoms with Crippen molar-refractivity contribution in [1.82, 2.24) is 9.97 Å². The molecule has 1 aliphatic rings. The van der Waals surface area contributed by atoms with Crippen molar-refractivity contribution in [3.63, 3.8) is 0 Å². The van der Waals surface area contributed by atoms with Gasteiger partial charge in [-0.1, -0.05) is 12.1 Å². The van der Waals surface area contributed by atoms with E-state index in [1.54, 1.807) is 23.4 Å². The van der Waals surface area contributed by atoms with E-state index in [4.69, 9.17) is 0 Å².